The molecule has 6 rings (SSSR count). The molecule has 2 aliphatic rings. The van der Waals surface area contributed by atoms with Crippen LogP contribution in [-0.4, -0.2) is 88.7 Å². The summed E-state index contributed by atoms with van der Waals surface area (Å²) < 4.78 is 34.1. The molecule has 0 amide bonds. The fraction of sp³-hybridized carbons (Fsp3) is 0.486. The average Bonchev–Trinajstić information content (AvgIpc) is 3.05. The molecule has 0 saturated carbocycles. The predicted molar refractivity (Wildman–Crippen MR) is 172 cm³/mol. The fourth-order valence-corrected chi connectivity index (χ4v) is 6.14. The second-order valence-corrected chi connectivity index (χ2v) is 11.8. The highest BCUT2D eigenvalue weighted by atomic mass is 16.5. The minimum Gasteiger partial charge on any atom is -0.493 e. The van der Waals surface area contributed by atoms with Crippen molar-refractivity contribution >= 4 is 21.9 Å². The van der Waals surface area contributed by atoms with Gasteiger partial charge in [0, 0.05) is 79.7 Å². The van der Waals surface area contributed by atoms with Crippen LogP contribution in [0.1, 0.15) is 28.7 Å². The van der Waals surface area contributed by atoms with Crippen LogP contribution in [0.3, 0.4) is 0 Å². The standard InChI is InChI=1S/C35H42N2O8/c1-24-28-6-4-26(22-32(28)44-34(38)30(24)8-10-36-12-18-40-19-13-36)42-16-3-17-43-27-5-7-29-25(2)31(35(39)45-33(29)23-27)9-11-37-14-20-41-21-15-37/h4-7,22-23H,3,8-21H2,1-2H3. The Hall–Kier alpha value is -3.70. The van der Waals surface area contributed by atoms with Gasteiger partial charge >= 0.3 is 11.3 Å². The maximum Gasteiger partial charge on any atom is 0.339 e. The molecule has 0 atom stereocenters. The van der Waals surface area contributed by atoms with Crippen LogP contribution >= 0.6 is 0 Å². The number of benzene rings is 2. The van der Waals surface area contributed by atoms with Crippen molar-refractivity contribution < 1.29 is 27.8 Å². The van der Waals surface area contributed by atoms with E-state index in [4.69, 9.17) is 27.8 Å². The molecule has 4 heterocycles. The third-order valence-corrected chi connectivity index (χ3v) is 8.91. The largest absolute Gasteiger partial charge is 0.493 e. The molecule has 2 aromatic heterocycles. The maximum absolute atomic E-state index is 12.8. The summed E-state index contributed by atoms with van der Waals surface area (Å²) in [4.78, 5) is 30.2. The van der Waals surface area contributed by atoms with E-state index in [9.17, 15) is 9.59 Å². The molecule has 0 N–H and O–H groups in total. The zero-order valence-corrected chi connectivity index (χ0v) is 26.2. The van der Waals surface area contributed by atoms with Crippen molar-refractivity contribution in [3.63, 3.8) is 0 Å². The molecule has 240 valence electrons. The summed E-state index contributed by atoms with van der Waals surface area (Å²) in [6.45, 7) is 13.0. The number of aryl methyl sites for hydroxylation is 2. The monoisotopic (exact) mass is 618 g/mol. The van der Waals surface area contributed by atoms with Gasteiger partial charge in [-0.15, -0.1) is 0 Å². The van der Waals surface area contributed by atoms with Crippen molar-refractivity contribution in [1.29, 1.82) is 0 Å². The van der Waals surface area contributed by atoms with E-state index in [1.165, 1.54) is 0 Å². The van der Waals surface area contributed by atoms with Crippen molar-refractivity contribution in [3.05, 3.63) is 79.5 Å². The van der Waals surface area contributed by atoms with Gasteiger partial charge in [0.2, 0.25) is 0 Å². The Morgan fingerprint density at radius 3 is 1.49 bits per heavy atom. The van der Waals surface area contributed by atoms with E-state index >= 15 is 0 Å². The molecule has 0 bridgehead atoms. The molecule has 45 heavy (non-hydrogen) atoms. The first kappa shape index (κ1) is 31.3. The lowest BCUT2D eigenvalue weighted by Crippen LogP contribution is -2.38. The molecule has 0 unspecified atom stereocenters. The fourth-order valence-electron chi connectivity index (χ4n) is 6.14. The van der Waals surface area contributed by atoms with Crippen molar-refractivity contribution in [2.75, 3.05) is 78.9 Å². The van der Waals surface area contributed by atoms with E-state index < -0.39 is 0 Å². The Bertz CT molecular complexity index is 1610. The highest BCUT2D eigenvalue weighted by Gasteiger charge is 2.17. The van der Waals surface area contributed by atoms with Crippen LogP contribution < -0.4 is 20.7 Å². The number of hydrogen-bond acceptors (Lipinski definition) is 10. The van der Waals surface area contributed by atoms with E-state index in [0.29, 0.717) is 55.1 Å². The van der Waals surface area contributed by atoms with E-state index in [1.54, 1.807) is 12.1 Å². The smallest absolute Gasteiger partial charge is 0.339 e. The molecule has 10 heteroatoms. The first-order chi connectivity index (χ1) is 22.0. The highest BCUT2D eigenvalue weighted by molar-refractivity contribution is 5.83. The summed E-state index contributed by atoms with van der Waals surface area (Å²) in [5, 5.41) is 1.84. The zero-order valence-electron chi connectivity index (χ0n) is 26.2. The van der Waals surface area contributed by atoms with Gasteiger partial charge < -0.3 is 27.8 Å². The first-order valence-electron chi connectivity index (χ1n) is 15.9. The van der Waals surface area contributed by atoms with Gasteiger partial charge in [-0.2, -0.15) is 0 Å². The maximum atomic E-state index is 12.8. The summed E-state index contributed by atoms with van der Waals surface area (Å²) >= 11 is 0. The second-order valence-electron chi connectivity index (χ2n) is 11.8. The quantitative estimate of drug-likeness (QED) is 0.170. The Morgan fingerprint density at radius 1 is 0.644 bits per heavy atom. The third kappa shape index (κ3) is 7.58. The minimum atomic E-state index is -0.288. The van der Waals surface area contributed by atoms with E-state index in [1.807, 2.05) is 38.1 Å². The van der Waals surface area contributed by atoms with Crippen molar-refractivity contribution in [1.82, 2.24) is 9.80 Å². The number of fused-ring (bicyclic) bond motifs is 2. The molecule has 2 aromatic carbocycles. The SMILES string of the molecule is Cc1c(CCN2CCOCC2)c(=O)oc2cc(OCCCOc3ccc4c(C)c(CCN5CCOCC5)c(=O)oc4c3)ccc12. The van der Waals surface area contributed by atoms with Crippen LogP contribution in [0.2, 0.25) is 0 Å². The highest BCUT2D eigenvalue weighted by Crippen LogP contribution is 2.26. The number of ether oxygens (including phenoxy) is 4. The van der Waals surface area contributed by atoms with Gasteiger partial charge in [-0.05, 0) is 62.1 Å². The van der Waals surface area contributed by atoms with E-state index in [0.717, 1.165) is 98.7 Å². The first-order valence-corrected chi connectivity index (χ1v) is 15.9. The molecule has 4 aromatic rings. The van der Waals surface area contributed by atoms with Gasteiger partial charge in [0.05, 0.1) is 39.6 Å². The average molecular weight is 619 g/mol. The Labute approximate surface area is 262 Å². The molecular weight excluding hydrogens is 576 g/mol. The number of nitrogens with zero attached hydrogens (tertiary/aromatic N) is 2. The van der Waals surface area contributed by atoms with Gasteiger partial charge in [-0.25, -0.2) is 9.59 Å². The van der Waals surface area contributed by atoms with Crippen LogP contribution in [0.5, 0.6) is 11.5 Å². The summed E-state index contributed by atoms with van der Waals surface area (Å²) in [7, 11) is 0. The van der Waals surface area contributed by atoms with Gasteiger partial charge in [-0.3, -0.25) is 9.80 Å². The summed E-state index contributed by atoms with van der Waals surface area (Å²) in [6.07, 6.45) is 1.95. The van der Waals surface area contributed by atoms with Gasteiger partial charge in [-0.1, -0.05) is 0 Å². The summed E-state index contributed by atoms with van der Waals surface area (Å²) in [6, 6.07) is 11.3. The van der Waals surface area contributed by atoms with E-state index in [-0.39, 0.29) is 11.3 Å². The van der Waals surface area contributed by atoms with Gasteiger partial charge in [0.1, 0.15) is 22.7 Å². The van der Waals surface area contributed by atoms with Crippen LogP contribution in [0, 0.1) is 13.8 Å². The Morgan fingerprint density at radius 2 is 1.07 bits per heavy atom. The van der Waals surface area contributed by atoms with Crippen LogP contribution in [0.25, 0.3) is 21.9 Å². The zero-order chi connectivity index (χ0) is 31.2. The number of morpholine rings is 2. The van der Waals surface area contributed by atoms with Crippen molar-refractivity contribution in [2.45, 2.75) is 33.1 Å². The molecule has 10 nitrogen and oxygen atoms in total. The Balaban J connectivity index is 1.01. The Kier molecular flexibility index (Phi) is 10.1. The lowest BCUT2D eigenvalue weighted by Gasteiger charge is -2.26. The van der Waals surface area contributed by atoms with Crippen LogP contribution in [0.15, 0.2) is 54.8 Å². The van der Waals surface area contributed by atoms with Crippen molar-refractivity contribution in [3.8, 4) is 11.5 Å². The summed E-state index contributed by atoms with van der Waals surface area (Å²) in [5.41, 5.74) is 3.85. The molecule has 2 fully saturated rings. The molecule has 2 aliphatic heterocycles. The summed E-state index contributed by atoms with van der Waals surface area (Å²) in [5.74, 6) is 1.27. The molecule has 2 saturated heterocycles. The minimum absolute atomic E-state index is 0.288. The number of rotatable bonds is 12. The van der Waals surface area contributed by atoms with E-state index in [2.05, 4.69) is 9.80 Å². The molecule has 0 radical (unpaired) electrons. The van der Waals surface area contributed by atoms with Crippen molar-refractivity contribution in [2.24, 2.45) is 0 Å². The lowest BCUT2D eigenvalue weighted by atomic mass is 10.0. The predicted octanol–water partition coefficient (Wildman–Crippen LogP) is 4.11. The molecule has 0 spiro atoms. The number of hydrogen-bond donors (Lipinski definition) is 0. The lowest BCUT2D eigenvalue weighted by molar-refractivity contribution is 0.0383. The van der Waals surface area contributed by atoms with Crippen LogP contribution in [0.4, 0.5) is 0 Å². The third-order valence-electron chi connectivity index (χ3n) is 8.91. The molecule has 0 aliphatic carbocycles. The van der Waals surface area contributed by atoms with Crippen LogP contribution in [-0.2, 0) is 22.3 Å². The normalized spacial score (nSPS) is 16.4. The topological polar surface area (TPSA) is 104 Å². The van der Waals surface area contributed by atoms with Gasteiger partial charge in [0.25, 0.3) is 0 Å². The van der Waals surface area contributed by atoms with Gasteiger partial charge in [0.15, 0.2) is 0 Å². The second kappa shape index (κ2) is 14.6. The molecular formula is C35H42N2O8.